The quantitative estimate of drug-likeness (QED) is 0.340. The van der Waals surface area contributed by atoms with E-state index in [0.29, 0.717) is 22.9 Å². The Morgan fingerprint density at radius 1 is 1.03 bits per heavy atom. The van der Waals surface area contributed by atoms with Crippen molar-refractivity contribution in [3.8, 4) is 0 Å². The van der Waals surface area contributed by atoms with Crippen molar-refractivity contribution in [3.05, 3.63) is 94.4 Å². The summed E-state index contributed by atoms with van der Waals surface area (Å²) in [5, 5.41) is 11.2. The second-order valence-corrected chi connectivity index (χ2v) is 8.25. The highest BCUT2D eigenvalue weighted by molar-refractivity contribution is 6.51. The molecule has 31 heavy (non-hydrogen) atoms. The van der Waals surface area contributed by atoms with E-state index in [4.69, 9.17) is 4.42 Å². The molecule has 3 aromatic rings. The summed E-state index contributed by atoms with van der Waals surface area (Å²) in [6.07, 6.45) is 1.50. The zero-order chi connectivity index (χ0) is 22.3. The van der Waals surface area contributed by atoms with Gasteiger partial charge in [-0.3, -0.25) is 14.5 Å². The Morgan fingerprint density at radius 3 is 2.35 bits per heavy atom. The van der Waals surface area contributed by atoms with Gasteiger partial charge in [0, 0.05) is 11.3 Å². The standard InChI is InChI=1S/C26H25NO4/c1-15(2)18-9-11-19(12-10-18)27-23(21-6-5-13-31-21)22(25(29)26(27)30)24(28)20-14-16(3)7-8-17(20)4/h5-15,23,28H,1-4H3/b24-22-. The number of Topliss-reactive ketones (excluding diaryl/α,β-unsaturated/α-hetero) is 1. The van der Waals surface area contributed by atoms with Crippen LogP contribution in [0.5, 0.6) is 0 Å². The van der Waals surface area contributed by atoms with Gasteiger partial charge in [0.15, 0.2) is 0 Å². The smallest absolute Gasteiger partial charge is 0.300 e. The maximum absolute atomic E-state index is 13.1. The van der Waals surface area contributed by atoms with Crippen molar-refractivity contribution in [3.63, 3.8) is 0 Å². The van der Waals surface area contributed by atoms with Crippen molar-refractivity contribution in [2.24, 2.45) is 0 Å². The van der Waals surface area contributed by atoms with Crippen molar-refractivity contribution in [2.45, 2.75) is 39.7 Å². The molecule has 0 spiro atoms. The van der Waals surface area contributed by atoms with E-state index in [2.05, 4.69) is 13.8 Å². The van der Waals surface area contributed by atoms with Crippen LogP contribution in [-0.2, 0) is 9.59 Å². The van der Waals surface area contributed by atoms with Crippen molar-refractivity contribution in [2.75, 3.05) is 4.90 Å². The first kappa shape index (κ1) is 20.7. The van der Waals surface area contributed by atoms with Crippen LogP contribution in [0, 0.1) is 13.8 Å². The number of rotatable bonds is 4. The summed E-state index contributed by atoms with van der Waals surface area (Å²) >= 11 is 0. The van der Waals surface area contributed by atoms with Gasteiger partial charge in [0.25, 0.3) is 11.7 Å². The number of furan rings is 1. The molecule has 2 heterocycles. The lowest BCUT2D eigenvalue weighted by atomic mass is 9.96. The number of carbonyl (C=O) groups is 2. The molecule has 0 radical (unpaired) electrons. The summed E-state index contributed by atoms with van der Waals surface area (Å²) in [5.74, 6) is -0.853. The molecule has 0 bridgehead atoms. The van der Waals surface area contributed by atoms with Crippen molar-refractivity contribution in [1.82, 2.24) is 0 Å². The molecular weight excluding hydrogens is 390 g/mol. The van der Waals surface area contributed by atoms with Crippen LogP contribution >= 0.6 is 0 Å². The number of benzene rings is 2. The number of hydrogen-bond donors (Lipinski definition) is 1. The first-order chi connectivity index (χ1) is 14.8. The fraction of sp³-hybridized carbons (Fsp3) is 0.231. The highest BCUT2D eigenvalue weighted by Gasteiger charge is 2.48. The first-order valence-corrected chi connectivity index (χ1v) is 10.3. The van der Waals surface area contributed by atoms with Gasteiger partial charge in [-0.1, -0.05) is 43.7 Å². The number of aliphatic hydroxyl groups is 1. The van der Waals surface area contributed by atoms with E-state index in [0.717, 1.165) is 16.7 Å². The lowest BCUT2D eigenvalue weighted by molar-refractivity contribution is -0.132. The summed E-state index contributed by atoms with van der Waals surface area (Å²) in [5.41, 5.74) is 4.03. The van der Waals surface area contributed by atoms with Crippen LogP contribution in [0.3, 0.4) is 0 Å². The number of anilines is 1. The summed E-state index contributed by atoms with van der Waals surface area (Å²) in [6, 6.07) is 15.7. The van der Waals surface area contributed by atoms with Gasteiger partial charge in [0.2, 0.25) is 0 Å². The number of hydrogen-bond acceptors (Lipinski definition) is 4. The van der Waals surface area contributed by atoms with E-state index < -0.39 is 17.7 Å². The molecule has 1 unspecified atom stereocenters. The number of aryl methyl sites for hydroxylation is 2. The zero-order valence-electron chi connectivity index (χ0n) is 18.0. The second-order valence-electron chi connectivity index (χ2n) is 8.25. The number of ketones is 1. The monoisotopic (exact) mass is 415 g/mol. The molecule has 1 amide bonds. The van der Waals surface area contributed by atoms with Crippen LogP contribution in [-0.4, -0.2) is 16.8 Å². The van der Waals surface area contributed by atoms with Crippen LogP contribution in [0.25, 0.3) is 5.76 Å². The van der Waals surface area contributed by atoms with Crippen molar-refractivity contribution >= 4 is 23.1 Å². The average molecular weight is 415 g/mol. The molecule has 2 aromatic carbocycles. The summed E-state index contributed by atoms with van der Waals surface area (Å²) < 4.78 is 5.61. The summed E-state index contributed by atoms with van der Waals surface area (Å²) in [4.78, 5) is 27.7. The molecule has 1 fully saturated rings. The predicted octanol–water partition coefficient (Wildman–Crippen LogP) is 5.65. The minimum absolute atomic E-state index is 0.0292. The average Bonchev–Trinajstić information content (AvgIpc) is 3.36. The Bertz CT molecular complexity index is 1170. The molecule has 5 heteroatoms. The van der Waals surface area contributed by atoms with Gasteiger partial charge in [0.05, 0.1) is 11.8 Å². The molecule has 0 saturated carbocycles. The number of nitrogens with zero attached hydrogens (tertiary/aromatic N) is 1. The molecule has 0 aliphatic carbocycles. The number of amides is 1. The topological polar surface area (TPSA) is 70.8 Å². The Labute approximate surface area is 181 Å². The lowest BCUT2D eigenvalue weighted by Crippen LogP contribution is -2.29. The van der Waals surface area contributed by atoms with Gasteiger partial charge < -0.3 is 9.52 Å². The third-order valence-electron chi connectivity index (χ3n) is 5.74. The van der Waals surface area contributed by atoms with Crippen LogP contribution < -0.4 is 4.90 Å². The molecule has 1 atom stereocenters. The Kier molecular flexibility index (Phi) is 5.27. The number of aliphatic hydroxyl groups excluding tert-OH is 1. The van der Waals surface area contributed by atoms with Gasteiger partial charge in [-0.2, -0.15) is 0 Å². The fourth-order valence-corrected chi connectivity index (χ4v) is 3.97. The maximum Gasteiger partial charge on any atom is 0.300 e. The molecular formula is C26H25NO4. The zero-order valence-corrected chi connectivity index (χ0v) is 18.0. The molecule has 5 nitrogen and oxygen atoms in total. The SMILES string of the molecule is Cc1ccc(C)c(/C(O)=C2/C(=O)C(=O)N(c3ccc(C(C)C)cc3)C2c2ccco2)c1. The van der Waals surface area contributed by atoms with E-state index in [-0.39, 0.29) is 11.3 Å². The Hall–Kier alpha value is -3.60. The molecule has 1 saturated heterocycles. The predicted molar refractivity (Wildman–Crippen MR) is 120 cm³/mol. The fourth-order valence-electron chi connectivity index (χ4n) is 3.97. The highest BCUT2D eigenvalue weighted by Crippen LogP contribution is 2.42. The van der Waals surface area contributed by atoms with E-state index in [1.807, 2.05) is 56.3 Å². The highest BCUT2D eigenvalue weighted by atomic mass is 16.3. The van der Waals surface area contributed by atoms with Crippen LogP contribution in [0.15, 0.2) is 70.9 Å². The van der Waals surface area contributed by atoms with Gasteiger partial charge >= 0.3 is 0 Å². The Morgan fingerprint density at radius 2 is 1.74 bits per heavy atom. The first-order valence-electron chi connectivity index (χ1n) is 10.3. The van der Waals surface area contributed by atoms with Crippen molar-refractivity contribution < 1.29 is 19.1 Å². The normalized spacial score (nSPS) is 18.2. The third-order valence-corrected chi connectivity index (χ3v) is 5.74. The number of carbonyl (C=O) groups excluding carboxylic acids is 2. The van der Waals surface area contributed by atoms with Crippen LogP contribution in [0.2, 0.25) is 0 Å². The molecule has 1 aliphatic rings. The maximum atomic E-state index is 13.1. The van der Waals surface area contributed by atoms with E-state index >= 15 is 0 Å². The van der Waals surface area contributed by atoms with Gasteiger partial charge in [-0.05, 0) is 61.2 Å². The van der Waals surface area contributed by atoms with E-state index in [9.17, 15) is 14.7 Å². The largest absolute Gasteiger partial charge is 0.507 e. The minimum atomic E-state index is -0.847. The molecule has 4 rings (SSSR count). The third kappa shape index (κ3) is 3.56. The van der Waals surface area contributed by atoms with Gasteiger partial charge in [-0.25, -0.2) is 0 Å². The lowest BCUT2D eigenvalue weighted by Gasteiger charge is -2.24. The Balaban J connectivity index is 1.91. The molecule has 1 aromatic heterocycles. The van der Waals surface area contributed by atoms with E-state index in [1.54, 1.807) is 12.1 Å². The van der Waals surface area contributed by atoms with E-state index in [1.165, 1.54) is 11.2 Å². The molecule has 158 valence electrons. The minimum Gasteiger partial charge on any atom is -0.507 e. The van der Waals surface area contributed by atoms with Crippen molar-refractivity contribution in [1.29, 1.82) is 0 Å². The summed E-state index contributed by atoms with van der Waals surface area (Å²) in [7, 11) is 0. The molecule has 1 aliphatic heterocycles. The van der Waals surface area contributed by atoms with Crippen LogP contribution in [0.4, 0.5) is 5.69 Å². The second kappa shape index (κ2) is 7.91. The molecule has 1 N–H and O–H groups in total. The van der Waals surface area contributed by atoms with Gasteiger partial charge in [-0.15, -0.1) is 0 Å². The van der Waals surface area contributed by atoms with Crippen LogP contribution in [0.1, 0.15) is 53.8 Å². The van der Waals surface area contributed by atoms with Gasteiger partial charge in [0.1, 0.15) is 17.6 Å². The summed E-state index contributed by atoms with van der Waals surface area (Å²) in [6.45, 7) is 7.95.